The molecule has 0 unspecified atom stereocenters. The van der Waals surface area contributed by atoms with Gasteiger partial charge >= 0.3 is 0 Å². The number of sulfonamides is 1. The molecule has 0 aliphatic heterocycles. The largest absolute Gasteiger partial charge is 0.322 e. The number of rotatable bonds is 6. The molecule has 7 heteroatoms. The highest BCUT2D eigenvalue weighted by Crippen LogP contribution is 2.26. The van der Waals surface area contributed by atoms with Crippen LogP contribution in [0.3, 0.4) is 0 Å². The predicted octanol–water partition coefficient (Wildman–Crippen LogP) is 4.66. The molecule has 0 saturated carbocycles. The number of anilines is 2. The lowest BCUT2D eigenvalue weighted by Crippen LogP contribution is -2.30. The van der Waals surface area contributed by atoms with Gasteiger partial charge in [-0.2, -0.15) is 0 Å². The Morgan fingerprint density at radius 1 is 0.967 bits per heavy atom. The first kappa shape index (κ1) is 21.5. The van der Waals surface area contributed by atoms with Crippen molar-refractivity contribution < 1.29 is 17.6 Å². The SMILES string of the molecule is Cc1ccc(C)c(N(Cc2ccc(C(=O)Nc3ccc(F)cc3)cc2)S(C)(=O)=O)c1. The van der Waals surface area contributed by atoms with E-state index in [-0.39, 0.29) is 18.3 Å². The summed E-state index contributed by atoms with van der Waals surface area (Å²) in [6.07, 6.45) is 1.18. The summed E-state index contributed by atoms with van der Waals surface area (Å²) in [5.74, 6) is -0.709. The summed E-state index contributed by atoms with van der Waals surface area (Å²) < 4.78 is 39.2. The Hall–Kier alpha value is -3.19. The number of nitrogens with one attached hydrogen (secondary N) is 1. The quantitative estimate of drug-likeness (QED) is 0.623. The summed E-state index contributed by atoms with van der Waals surface area (Å²) in [7, 11) is -3.50. The molecule has 0 atom stereocenters. The molecular weight excluding hydrogens is 403 g/mol. The molecule has 0 aliphatic carbocycles. The van der Waals surface area contributed by atoms with Crippen molar-refractivity contribution in [3.63, 3.8) is 0 Å². The van der Waals surface area contributed by atoms with Gasteiger partial charge < -0.3 is 5.32 Å². The van der Waals surface area contributed by atoms with Gasteiger partial charge in [-0.3, -0.25) is 9.10 Å². The lowest BCUT2D eigenvalue weighted by molar-refractivity contribution is 0.102. The number of carbonyl (C=O) groups is 1. The fourth-order valence-corrected chi connectivity index (χ4v) is 3.97. The van der Waals surface area contributed by atoms with Crippen LogP contribution in [-0.4, -0.2) is 20.6 Å². The zero-order valence-corrected chi connectivity index (χ0v) is 17.8. The molecular formula is C23H23FN2O3S. The minimum atomic E-state index is -3.50. The van der Waals surface area contributed by atoms with Crippen LogP contribution in [0.15, 0.2) is 66.7 Å². The van der Waals surface area contributed by atoms with Crippen molar-refractivity contribution in [2.75, 3.05) is 15.9 Å². The van der Waals surface area contributed by atoms with Gasteiger partial charge in [0.05, 0.1) is 18.5 Å². The topological polar surface area (TPSA) is 66.5 Å². The van der Waals surface area contributed by atoms with Crippen LogP contribution in [0.1, 0.15) is 27.0 Å². The number of nitrogens with zero attached hydrogens (tertiary/aromatic N) is 1. The van der Waals surface area contributed by atoms with E-state index in [1.54, 1.807) is 24.3 Å². The van der Waals surface area contributed by atoms with Crippen molar-refractivity contribution >= 4 is 27.3 Å². The van der Waals surface area contributed by atoms with Gasteiger partial charge in [0, 0.05) is 11.3 Å². The van der Waals surface area contributed by atoms with Crippen LogP contribution < -0.4 is 9.62 Å². The number of halogens is 1. The van der Waals surface area contributed by atoms with E-state index in [1.165, 1.54) is 34.8 Å². The van der Waals surface area contributed by atoms with Crippen LogP contribution in [0.4, 0.5) is 15.8 Å². The van der Waals surface area contributed by atoms with Gasteiger partial charge in [-0.05, 0) is 73.0 Å². The Morgan fingerprint density at radius 3 is 2.20 bits per heavy atom. The molecule has 0 fully saturated rings. The summed E-state index contributed by atoms with van der Waals surface area (Å²) in [5.41, 5.74) is 4.12. The molecule has 3 aromatic carbocycles. The number of hydrogen-bond donors (Lipinski definition) is 1. The highest BCUT2D eigenvalue weighted by Gasteiger charge is 2.20. The molecule has 1 amide bonds. The maximum atomic E-state index is 13.0. The van der Waals surface area contributed by atoms with Gasteiger partial charge in [-0.15, -0.1) is 0 Å². The maximum Gasteiger partial charge on any atom is 0.255 e. The smallest absolute Gasteiger partial charge is 0.255 e. The van der Waals surface area contributed by atoms with E-state index < -0.39 is 10.0 Å². The van der Waals surface area contributed by atoms with Crippen molar-refractivity contribution in [1.29, 1.82) is 0 Å². The first-order chi connectivity index (χ1) is 14.1. The number of carbonyl (C=O) groups excluding carboxylic acids is 1. The van der Waals surface area contributed by atoms with E-state index in [9.17, 15) is 17.6 Å². The van der Waals surface area contributed by atoms with Crippen molar-refractivity contribution in [3.05, 3.63) is 94.8 Å². The van der Waals surface area contributed by atoms with Gasteiger partial charge in [-0.25, -0.2) is 12.8 Å². The third-order valence-corrected chi connectivity index (χ3v) is 5.80. The van der Waals surface area contributed by atoms with Crippen molar-refractivity contribution in [1.82, 2.24) is 0 Å². The Balaban J connectivity index is 1.79. The molecule has 5 nitrogen and oxygen atoms in total. The van der Waals surface area contributed by atoms with Crippen LogP contribution >= 0.6 is 0 Å². The van der Waals surface area contributed by atoms with Crippen LogP contribution in [0, 0.1) is 19.7 Å². The molecule has 30 heavy (non-hydrogen) atoms. The van der Waals surface area contributed by atoms with E-state index >= 15 is 0 Å². The highest BCUT2D eigenvalue weighted by atomic mass is 32.2. The monoisotopic (exact) mass is 426 g/mol. The fourth-order valence-electron chi connectivity index (χ4n) is 3.03. The van der Waals surface area contributed by atoms with E-state index in [0.717, 1.165) is 16.7 Å². The minimum Gasteiger partial charge on any atom is -0.322 e. The molecule has 3 aromatic rings. The predicted molar refractivity (Wildman–Crippen MR) is 118 cm³/mol. The number of amides is 1. The first-order valence-corrected chi connectivity index (χ1v) is 11.2. The Labute approximate surface area is 176 Å². The van der Waals surface area contributed by atoms with E-state index in [1.807, 2.05) is 32.0 Å². The van der Waals surface area contributed by atoms with Crippen LogP contribution in [-0.2, 0) is 16.6 Å². The van der Waals surface area contributed by atoms with Gasteiger partial charge in [0.2, 0.25) is 10.0 Å². The lowest BCUT2D eigenvalue weighted by Gasteiger charge is -2.25. The zero-order chi connectivity index (χ0) is 21.9. The summed E-state index contributed by atoms with van der Waals surface area (Å²) in [6, 6.07) is 17.9. The number of benzene rings is 3. The Bertz CT molecular complexity index is 1160. The second kappa shape index (κ2) is 8.67. The van der Waals surface area contributed by atoms with E-state index in [2.05, 4.69) is 5.32 Å². The summed E-state index contributed by atoms with van der Waals surface area (Å²) in [5, 5.41) is 2.70. The van der Waals surface area contributed by atoms with Gasteiger partial charge in [0.1, 0.15) is 5.82 Å². The Morgan fingerprint density at radius 2 is 1.60 bits per heavy atom. The lowest BCUT2D eigenvalue weighted by atomic mass is 10.1. The molecule has 0 bridgehead atoms. The minimum absolute atomic E-state index is 0.156. The van der Waals surface area contributed by atoms with Crippen LogP contribution in [0.2, 0.25) is 0 Å². The molecule has 0 heterocycles. The van der Waals surface area contributed by atoms with Crippen molar-refractivity contribution in [2.45, 2.75) is 20.4 Å². The average molecular weight is 427 g/mol. The third-order valence-electron chi connectivity index (χ3n) is 4.68. The van der Waals surface area contributed by atoms with E-state index in [4.69, 9.17) is 0 Å². The second-order valence-corrected chi connectivity index (χ2v) is 9.12. The molecule has 0 saturated heterocycles. The van der Waals surface area contributed by atoms with Crippen LogP contribution in [0.5, 0.6) is 0 Å². The van der Waals surface area contributed by atoms with Gasteiger partial charge in [0.25, 0.3) is 5.91 Å². The van der Waals surface area contributed by atoms with Crippen molar-refractivity contribution in [2.24, 2.45) is 0 Å². The molecule has 156 valence electrons. The fraction of sp³-hybridized carbons (Fsp3) is 0.174. The molecule has 3 rings (SSSR count). The molecule has 0 spiro atoms. The average Bonchev–Trinajstić information content (AvgIpc) is 2.69. The molecule has 0 aromatic heterocycles. The second-order valence-electron chi connectivity index (χ2n) is 7.22. The van der Waals surface area contributed by atoms with E-state index in [0.29, 0.717) is 16.9 Å². The van der Waals surface area contributed by atoms with Gasteiger partial charge in [0.15, 0.2) is 0 Å². The van der Waals surface area contributed by atoms with Gasteiger partial charge in [-0.1, -0.05) is 24.3 Å². The third kappa shape index (κ3) is 5.24. The summed E-state index contributed by atoms with van der Waals surface area (Å²) in [4.78, 5) is 12.4. The maximum absolute atomic E-state index is 13.0. The molecule has 1 N–H and O–H groups in total. The molecule has 0 radical (unpaired) electrons. The standard InChI is InChI=1S/C23H23FN2O3S/c1-16-4-5-17(2)22(14-16)26(30(3,28)29)15-18-6-8-19(9-7-18)23(27)25-21-12-10-20(24)11-13-21/h4-14H,15H2,1-3H3,(H,25,27). The summed E-state index contributed by atoms with van der Waals surface area (Å²) in [6.45, 7) is 3.94. The zero-order valence-electron chi connectivity index (χ0n) is 17.0. The Kier molecular flexibility index (Phi) is 6.22. The van der Waals surface area contributed by atoms with Crippen LogP contribution in [0.25, 0.3) is 0 Å². The van der Waals surface area contributed by atoms with Crippen molar-refractivity contribution in [3.8, 4) is 0 Å². The highest BCUT2D eigenvalue weighted by molar-refractivity contribution is 7.92. The molecule has 0 aliphatic rings. The first-order valence-electron chi connectivity index (χ1n) is 9.34. The number of aryl methyl sites for hydroxylation is 2. The number of hydrogen-bond acceptors (Lipinski definition) is 3. The summed E-state index contributed by atoms with van der Waals surface area (Å²) >= 11 is 0. The normalized spacial score (nSPS) is 11.2.